The lowest BCUT2D eigenvalue weighted by atomic mass is 9.86. The number of rotatable bonds is 4. The van der Waals surface area contributed by atoms with Crippen molar-refractivity contribution in [3.05, 3.63) is 71.8 Å². The lowest BCUT2D eigenvalue weighted by Crippen LogP contribution is -2.44. The molecule has 0 amide bonds. The van der Waals surface area contributed by atoms with E-state index in [2.05, 4.69) is 5.32 Å². The fraction of sp³-hybridized carbons (Fsp3) is 0.235. The molecule has 1 aliphatic rings. The van der Waals surface area contributed by atoms with Crippen LogP contribution in [-0.2, 0) is 10.4 Å². The SMILES string of the molecule is O=C(O)[C@H]1CN[C@H](C(O)(c2ccccc2)c2ccccc2)S1. The number of hydrogen-bond acceptors (Lipinski definition) is 4. The van der Waals surface area contributed by atoms with Gasteiger partial charge in [0.1, 0.15) is 10.9 Å². The summed E-state index contributed by atoms with van der Waals surface area (Å²) in [6.07, 6.45) is 0. The maximum Gasteiger partial charge on any atom is 0.317 e. The third kappa shape index (κ3) is 2.63. The number of aliphatic hydroxyl groups is 1. The molecule has 0 aliphatic carbocycles. The van der Waals surface area contributed by atoms with E-state index in [1.54, 1.807) is 0 Å². The molecule has 2 atom stereocenters. The predicted molar refractivity (Wildman–Crippen MR) is 86.7 cm³/mol. The number of hydrogen-bond donors (Lipinski definition) is 3. The Morgan fingerprint density at radius 3 is 1.95 bits per heavy atom. The van der Waals surface area contributed by atoms with Crippen LogP contribution in [0.25, 0.3) is 0 Å². The van der Waals surface area contributed by atoms with E-state index in [-0.39, 0.29) is 0 Å². The second kappa shape index (κ2) is 6.12. The van der Waals surface area contributed by atoms with Crippen LogP contribution in [0.15, 0.2) is 60.7 Å². The van der Waals surface area contributed by atoms with Gasteiger partial charge in [0.15, 0.2) is 0 Å². The fourth-order valence-electron chi connectivity index (χ4n) is 2.72. The quantitative estimate of drug-likeness (QED) is 0.805. The number of carboxylic acid groups (broad SMARTS) is 1. The van der Waals surface area contributed by atoms with Crippen LogP contribution < -0.4 is 5.32 Å². The van der Waals surface area contributed by atoms with Crippen LogP contribution in [0.5, 0.6) is 0 Å². The van der Waals surface area contributed by atoms with E-state index in [0.29, 0.717) is 6.54 Å². The van der Waals surface area contributed by atoms with Gasteiger partial charge in [0.25, 0.3) is 0 Å². The van der Waals surface area contributed by atoms with Crippen LogP contribution in [0, 0.1) is 0 Å². The molecular weight excluding hydrogens is 298 g/mol. The van der Waals surface area contributed by atoms with Crippen molar-refractivity contribution in [1.29, 1.82) is 0 Å². The second-order valence-electron chi connectivity index (χ2n) is 5.25. The molecule has 22 heavy (non-hydrogen) atoms. The minimum Gasteiger partial charge on any atom is -0.480 e. The molecule has 2 aromatic rings. The van der Waals surface area contributed by atoms with Gasteiger partial charge in [-0.05, 0) is 11.1 Å². The first-order chi connectivity index (χ1) is 10.6. The van der Waals surface area contributed by atoms with Crippen molar-refractivity contribution < 1.29 is 15.0 Å². The number of carbonyl (C=O) groups is 1. The third-order valence-electron chi connectivity index (χ3n) is 3.87. The lowest BCUT2D eigenvalue weighted by Gasteiger charge is -2.34. The molecule has 1 heterocycles. The van der Waals surface area contributed by atoms with Crippen LogP contribution in [0.2, 0.25) is 0 Å². The molecule has 1 saturated heterocycles. The highest BCUT2D eigenvalue weighted by Gasteiger charge is 2.46. The minimum absolute atomic E-state index is 0.340. The average Bonchev–Trinajstić information content (AvgIpc) is 3.06. The van der Waals surface area contributed by atoms with Gasteiger partial charge in [0.2, 0.25) is 0 Å². The molecule has 3 N–H and O–H groups in total. The smallest absolute Gasteiger partial charge is 0.317 e. The number of carboxylic acids is 1. The number of nitrogens with one attached hydrogen (secondary N) is 1. The van der Waals surface area contributed by atoms with E-state index >= 15 is 0 Å². The average molecular weight is 315 g/mol. The molecule has 114 valence electrons. The molecule has 1 fully saturated rings. The van der Waals surface area contributed by atoms with Gasteiger partial charge < -0.3 is 15.5 Å². The van der Waals surface area contributed by atoms with Gasteiger partial charge in [-0.1, -0.05) is 60.7 Å². The monoisotopic (exact) mass is 315 g/mol. The standard InChI is InChI=1S/C17H17NO3S/c19-15(20)14-11-18-16(22-14)17(21,12-7-3-1-4-8-12)13-9-5-2-6-10-13/h1-10,14,16,18,21H,11H2,(H,19,20)/t14-,16+/m1/s1. The van der Waals surface area contributed by atoms with Gasteiger partial charge in [-0.15, -0.1) is 11.8 Å². The summed E-state index contributed by atoms with van der Waals surface area (Å²) in [4.78, 5) is 11.2. The molecule has 5 heteroatoms. The van der Waals surface area contributed by atoms with Gasteiger partial charge in [-0.25, -0.2) is 0 Å². The molecule has 1 aliphatic heterocycles. The number of benzene rings is 2. The van der Waals surface area contributed by atoms with Crippen molar-refractivity contribution in [2.75, 3.05) is 6.54 Å². The highest BCUT2D eigenvalue weighted by Crippen LogP contribution is 2.41. The van der Waals surface area contributed by atoms with E-state index < -0.39 is 22.2 Å². The Morgan fingerprint density at radius 1 is 1.05 bits per heavy atom. The minimum atomic E-state index is -1.28. The second-order valence-corrected chi connectivity index (χ2v) is 6.56. The molecular formula is C17H17NO3S. The maximum atomic E-state index is 11.5. The first-order valence-corrected chi connectivity index (χ1v) is 8.01. The molecule has 0 spiro atoms. The first-order valence-electron chi connectivity index (χ1n) is 7.07. The molecule has 0 unspecified atom stereocenters. The van der Waals surface area contributed by atoms with Gasteiger partial charge in [0.05, 0.1) is 5.37 Å². The third-order valence-corrected chi connectivity index (χ3v) is 5.35. The predicted octanol–water partition coefficient (Wildman–Crippen LogP) is 2.04. The molecule has 4 nitrogen and oxygen atoms in total. The van der Waals surface area contributed by atoms with Gasteiger partial charge >= 0.3 is 5.97 Å². The lowest BCUT2D eigenvalue weighted by molar-refractivity contribution is -0.136. The van der Waals surface area contributed by atoms with Crippen molar-refractivity contribution in [2.24, 2.45) is 0 Å². The zero-order chi connectivity index (χ0) is 15.6. The van der Waals surface area contributed by atoms with Crippen LogP contribution >= 0.6 is 11.8 Å². The molecule has 0 bridgehead atoms. The highest BCUT2D eigenvalue weighted by atomic mass is 32.2. The number of aliphatic carboxylic acids is 1. The summed E-state index contributed by atoms with van der Waals surface area (Å²) in [6, 6.07) is 18.7. The molecule has 2 aromatic carbocycles. The Morgan fingerprint density at radius 2 is 1.55 bits per heavy atom. The van der Waals surface area contributed by atoms with Gasteiger partial charge in [0, 0.05) is 6.54 Å². The van der Waals surface area contributed by atoms with Crippen LogP contribution in [0.4, 0.5) is 0 Å². The fourth-order valence-corrected chi connectivity index (χ4v) is 4.02. The first kappa shape index (κ1) is 15.1. The molecule has 0 aromatic heterocycles. The van der Waals surface area contributed by atoms with E-state index in [1.165, 1.54) is 11.8 Å². The van der Waals surface area contributed by atoms with E-state index in [0.717, 1.165) is 11.1 Å². The topological polar surface area (TPSA) is 69.6 Å². The van der Waals surface area contributed by atoms with E-state index in [9.17, 15) is 15.0 Å². The molecule has 0 radical (unpaired) electrons. The number of thioether (sulfide) groups is 1. The summed E-state index contributed by atoms with van der Waals surface area (Å²) in [7, 11) is 0. The van der Waals surface area contributed by atoms with Crippen molar-refractivity contribution in [3.8, 4) is 0 Å². The van der Waals surface area contributed by atoms with Crippen molar-refractivity contribution in [3.63, 3.8) is 0 Å². The summed E-state index contributed by atoms with van der Waals surface area (Å²) in [5, 5.41) is 22.9. The summed E-state index contributed by atoms with van der Waals surface area (Å²) in [5.74, 6) is -0.858. The summed E-state index contributed by atoms with van der Waals surface area (Å²) < 4.78 is 0. The van der Waals surface area contributed by atoms with Crippen LogP contribution in [0.3, 0.4) is 0 Å². The molecule has 3 rings (SSSR count). The summed E-state index contributed by atoms with van der Waals surface area (Å²) in [5.41, 5.74) is 0.215. The zero-order valence-electron chi connectivity index (χ0n) is 11.8. The highest BCUT2D eigenvalue weighted by molar-refractivity contribution is 8.01. The maximum absolute atomic E-state index is 11.5. The van der Waals surface area contributed by atoms with E-state index in [1.807, 2.05) is 60.7 Å². The Balaban J connectivity index is 2.03. The Bertz CT molecular complexity index is 608. The van der Waals surface area contributed by atoms with Crippen molar-refractivity contribution in [2.45, 2.75) is 16.2 Å². The van der Waals surface area contributed by atoms with Gasteiger partial charge in [-0.2, -0.15) is 0 Å². The molecule has 0 saturated carbocycles. The zero-order valence-corrected chi connectivity index (χ0v) is 12.7. The normalized spacial score (nSPS) is 21.7. The Kier molecular flexibility index (Phi) is 4.20. The summed E-state index contributed by atoms with van der Waals surface area (Å²) >= 11 is 1.25. The van der Waals surface area contributed by atoms with Crippen molar-refractivity contribution in [1.82, 2.24) is 5.32 Å². The Hall–Kier alpha value is -1.82. The largest absolute Gasteiger partial charge is 0.480 e. The van der Waals surface area contributed by atoms with Crippen LogP contribution in [0.1, 0.15) is 11.1 Å². The summed E-state index contributed by atoms with van der Waals surface area (Å²) in [6.45, 7) is 0.340. The van der Waals surface area contributed by atoms with Crippen LogP contribution in [-0.4, -0.2) is 33.4 Å². The van der Waals surface area contributed by atoms with E-state index in [4.69, 9.17) is 0 Å². The Labute approximate surface area is 133 Å². The van der Waals surface area contributed by atoms with Crippen molar-refractivity contribution >= 4 is 17.7 Å². The van der Waals surface area contributed by atoms with Gasteiger partial charge in [-0.3, -0.25) is 4.79 Å².